The van der Waals surface area contributed by atoms with Crippen LogP contribution in [0.3, 0.4) is 0 Å². The lowest BCUT2D eigenvalue weighted by molar-refractivity contribution is -0.138. The molecule has 1 aromatic rings. The molecule has 0 atom stereocenters. The molecule has 1 saturated heterocycles. The molecule has 11 heteroatoms. The van der Waals surface area contributed by atoms with E-state index in [2.05, 4.69) is 37.5 Å². The Bertz CT molecular complexity index is 942. The molecular formula is C20H26N8O3. The van der Waals surface area contributed by atoms with Crippen LogP contribution in [0.4, 0.5) is 0 Å². The zero-order valence-corrected chi connectivity index (χ0v) is 17.5. The number of tetrazole rings is 1. The van der Waals surface area contributed by atoms with Crippen LogP contribution in [0.2, 0.25) is 0 Å². The number of aliphatic imine (C=N–C) groups is 2. The molecule has 1 aliphatic carbocycles. The Kier molecular flexibility index (Phi) is 6.03. The van der Waals surface area contributed by atoms with Crippen molar-refractivity contribution in [1.29, 1.82) is 0 Å². The first kappa shape index (κ1) is 21.0. The summed E-state index contributed by atoms with van der Waals surface area (Å²) < 4.78 is 6.36. The van der Waals surface area contributed by atoms with Gasteiger partial charge in [0.1, 0.15) is 12.9 Å². The van der Waals surface area contributed by atoms with Crippen molar-refractivity contribution < 1.29 is 14.3 Å². The van der Waals surface area contributed by atoms with Gasteiger partial charge in [-0.1, -0.05) is 0 Å². The number of cyclic esters (lactones) is 1. The second-order valence-corrected chi connectivity index (χ2v) is 8.15. The Morgan fingerprint density at radius 1 is 1.39 bits per heavy atom. The summed E-state index contributed by atoms with van der Waals surface area (Å²) in [5.74, 6) is 0.223. The monoisotopic (exact) mass is 426 g/mol. The van der Waals surface area contributed by atoms with Gasteiger partial charge in [-0.05, 0) is 56.2 Å². The summed E-state index contributed by atoms with van der Waals surface area (Å²) in [6.07, 6.45) is 8.85. The molecule has 3 heterocycles. The van der Waals surface area contributed by atoms with E-state index in [1.807, 2.05) is 6.92 Å². The van der Waals surface area contributed by atoms with E-state index in [1.165, 1.54) is 17.1 Å². The van der Waals surface area contributed by atoms with Crippen LogP contribution in [0.1, 0.15) is 39.0 Å². The van der Waals surface area contributed by atoms with Gasteiger partial charge in [0.15, 0.2) is 5.82 Å². The summed E-state index contributed by atoms with van der Waals surface area (Å²) in [6, 6.07) is 0.341. The maximum atomic E-state index is 13.1. The summed E-state index contributed by atoms with van der Waals surface area (Å²) in [5, 5.41) is 14.5. The molecule has 2 fully saturated rings. The number of amides is 1. The fraction of sp³-hybridized carbons (Fsp3) is 0.550. The van der Waals surface area contributed by atoms with Crippen LogP contribution >= 0.6 is 0 Å². The van der Waals surface area contributed by atoms with Crippen LogP contribution in [0, 0.1) is 5.41 Å². The van der Waals surface area contributed by atoms with Crippen molar-refractivity contribution in [3.63, 3.8) is 0 Å². The SMILES string of the molecule is C=N/C(=C\N=C(C)CNC1CCC2(CC1)CCN(C1=CC(=O)OC1)C2=O)n1cnnn1. The van der Waals surface area contributed by atoms with Crippen molar-refractivity contribution in [2.45, 2.75) is 45.1 Å². The molecule has 0 unspecified atom stereocenters. The van der Waals surface area contributed by atoms with Crippen molar-refractivity contribution in [3.8, 4) is 0 Å². The summed E-state index contributed by atoms with van der Waals surface area (Å²) in [7, 11) is 0. The lowest BCUT2D eigenvalue weighted by atomic mass is 9.71. The van der Waals surface area contributed by atoms with Gasteiger partial charge in [0.05, 0.1) is 17.3 Å². The van der Waals surface area contributed by atoms with E-state index in [4.69, 9.17) is 4.74 Å². The van der Waals surface area contributed by atoms with E-state index < -0.39 is 0 Å². The topological polar surface area (TPSA) is 127 Å². The van der Waals surface area contributed by atoms with Gasteiger partial charge in [-0.3, -0.25) is 9.79 Å². The molecule has 164 valence electrons. The summed E-state index contributed by atoms with van der Waals surface area (Å²) >= 11 is 0. The number of likely N-dealkylation sites (tertiary alicyclic amines) is 1. The van der Waals surface area contributed by atoms with E-state index in [0.717, 1.165) is 37.8 Å². The molecular weight excluding hydrogens is 400 g/mol. The Hall–Kier alpha value is -3.21. The fourth-order valence-electron chi connectivity index (χ4n) is 4.40. The molecule has 0 aromatic carbocycles. The molecule has 3 aliphatic rings. The predicted octanol–water partition coefficient (Wildman–Crippen LogP) is 0.782. The number of aromatic nitrogens is 4. The van der Waals surface area contributed by atoms with Gasteiger partial charge in [-0.25, -0.2) is 9.79 Å². The molecule has 1 N–H and O–H groups in total. The number of carbonyl (C=O) groups is 2. The third kappa shape index (κ3) is 4.46. The van der Waals surface area contributed by atoms with Crippen molar-refractivity contribution >= 4 is 30.1 Å². The van der Waals surface area contributed by atoms with Crippen LogP contribution in [0.5, 0.6) is 0 Å². The first-order chi connectivity index (χ1) is 15.0. The number of rotatable bonds is 7. The molecule has 0 bridgehead atoms. The van der Waals surface area contributed by atoms with Gasteiger partial charge in [-0.2, -0.15) is 4.68 Å². The smallest absolute Gasteiger partial charge is 0.333 e. The normalized spacial score (nSPS) is 27.1. The average Bonchev–Trinajstić information content (AvgIpc) is 3.51. The molecule has 1 amide bonds. The average molecular weight is 426 g/mol. The second-order valence-electron chi connectivity index (χ2n) is 8.15. The molecule has 1 spiro atoms. The minimum atomic E-state index is -0.363. The maximum Gasteiger partial charge on any atom is 0.333 e. The molecule has 2 aliphatic heterocycles. The van der Waals surface area contributed by atoms with Crippen molar-refractivity contribution in [2.75, 3.05) is 19.7 Å². The number of nitrogens with zero attached hydrogens (tertiary/aromatic N) is 7. The van der Waals surface area contributed by atoms with E-state index in [9.17, 15) is 9.59 Å². The zero-order valence-electron chi connectivity index (χ0n) is 17.5. The highest BCUT2D eigenvalue weighted by Gasteiger charge is 2.49. The van der Waals surface area contributed by atoms with Gasteiger partial charge in [0, 0.05) is 30.9 Å². The number of nitrogens with one attached hydrogen (secondary N) is 1. The van der Waals surface area contributed by atoms with E-state index in [-0.39, 0.29) is 23.9 Å². The molecule has 4 rings (SSSR count). The number of ether oxygens (including phenoxy) is 1. The Balaban J connectivity index is 1.28. The molecule has 1 aromatic heterocycles. The van der Waals surface area contributed by atoms with Gasteiger partial charge in [0.25, 0.3) is 0 Å². The molecule has 1 saturated carbocycles. The Morgan fingerprint density at radius 3 is 2.84 bits per heavy atom. The van der Waals surface area contributed by atoms with Gasteiger partial charge >= 0.3 is 5.97 Å². The van der Waals surface area contributed by atoms with Gasteiger partial charge in [-0.15, -0.1) is 5.10 Å². The van der Waals surface area contributed by atoms with E-state index in [0.29, 0.717) is 30.6 Å². The number of carbonyl (C=O) groups excluding carboxylic acids is 2. The van der Waals surface area contributed by atoms with Gasteiger partial charge in [0.2, 0.25) is 5.91 Å². The number of hydrogen-bond donors (Lipinski definition) is 1. The predicted molar refractivity (Wildman–Crippen MR) is 113 cm³/mol. The van der Waals surface area contributed by atoms with Crippen LogP contribution < -0.4 is 5.32 Å². The third-order valence-corrected chi connectivity index (χ3v) is 6.24. The molecule has 11 nitrogen and oxygen atoms in total. The number of hydrogen-bond acceptors (Lipinski definition) is 9. The van der Waals surface area contributed by atoms with Crippen LogP contribution in [0.15, 0.2) is 34.3 Å². The standard InChI is InChI=1S/C20H26N8O3/c1-14(22-11-17(21-2)28-13-24-25-26-28)10-23-15-3-5-20(6-4-15)7-8-27(19(20)30)16-9-18(29)31-12-16/h9,11,13,15,23H,2-8,10,12H2,1H3/b17-11+,22-14?. The fourth-order valence-corrected chi connectivity index (χ4v) is 4.40. The van der Waals surface area contributed by atoms with Crippen LogP contribution in [-0.2, 0) is 14.3 Å². The molecule has 0 radical (unpaired) electrons. The first-order valence-electron chi connectivity index (χ1n) is 10.4. The highest BCUT2D eigenvalue weighted by Crippen LogP contribution is 2.46. The van der Waals surface area contributed by atoms with Crippen LogP contribution in [-0.4, -0.2) is 75.2 Å². The highest BCUT2D eigenvalue weighted by molar-refractivity contribution is 5.90. The van der Waals surface area contributed by atoms with Crippen LogP contribution in [0.25, 0.3) is 5.82 Å². The lowest BCUT2D eigenvalue weighted by Crippen LogP contribution is -2.43. The van der Waals surface area contributed by atoms with Crippen molar-refractivity contribution in [2.24, 2.45) is 15.4 Å². The van der Waals surface area contributed by atoms with Crippen molar-refractivity contribution in [3.05, 3.63) is 24.3 Å². The largest absolute Gasteiger partial charge is 0.456 e. The van der Waals surface area contributed by atoms with Crippen molar-refractivity contribution in [1.82, 2.24) is 30.4 Å². The Labute approximate surface area is 179 Å². The zero-order chi connectivity index (χ0) is 21.8. The quantitative estimate of drug-likeness (QED) is 0.504. The minimum Gasteiger partial charge on any atom is -0.456 e. The summed E-state index contributed by atoms with van der Waals surface area (Å²) in [6.45, 7) is 6.95. The lowest BCUT2D eigenvalue weighted by Gasteiger charge is -2.36. The molecule has 31 heavy (non-hydrogen) atoms. The minimum absolute atomic E-state index is 0.144. The summed E-state index contributed by atoms with van der Waals surface area (Å²) in [5.41, 5.74) is 1.30. The van der Waals surface area contributed by atoms with E-state index in [1.54, 1.807) is 11.1 Å². The maximum absolute atomic E-state index is 13.1. The second kappa shape index (κ2) is 8.88. The van der Waals surface area contributed by atoms with Gasteiger partial charge < -0.3 is 15.0 Å². The van der Waals surface area contributed by atoms with E-state index >= 15 is 0 Å². The highest BCUT2D eigenvalue weighted by atomic mass is 16.5. The summed E-state index contributed by atoms with van der Waals surface area (Å²) in [4.78, 5) is 34.4. The first-order valence-corrected chi connectivity index (χ1v) is 10.4. The number of esters is 1. The Morgan fingerprint density at radius 2 is 2.19 bits per heavy atom. The third-order valence-electron chi connectivity index (χ3n) is 6.24.